The average molecular weight is 258 g/mol. The summed E-state index contributed by atoms with van der Waals surface area (Å²) in [5, 5.41) is 0. The van der Waals surface area contributed by atoms with E-state index in [4.69, 9.17) is 4.74 Å². The normalized spacial score (nSPS) is 9.64. The van der Waals surface area contributed by atoms with Gasteiger partial charge in [-0.25, -0.2) is 0 Å². The van der Waals surface area contributed by atoms with Crippen LogP contribution in [0.3, 0.4) is 0 Å². The van der Waals surface area contributed by atoms with E-state index < -0.39 is 0 Å². The van der Waals surface area contributed by atoms with Crippen molar-refractivity contribution in [2.45, 2.75) is 6.54 Å². The molecule has 0 N–H and O–H groups in total. The average Bonchev–Trinajstić information content (AvgIpc) is 2.18. The molecule has 0 aliphatic heterocycles. The summed E-state index contributed by atoms with van der Waals surface area (Å²) in [5.74, 6) is 0.799. The number of para-hydroxylation sites is 1. The smallest absolute Gasteiger partial charge is 0.289 e. The van der Waals surface area contributed by atoms with Crippen LogP contribution in [0.2, 0.25) is 0 Å². The van der Waals surface area contributed by atoms with E-state index in [2.05, 4.69) is 15.9 Å². The topological polar surface area (TPSA) is 29.5 Å². The van der Waals surface area contributed by atoms with Gasteiger partial charge >= 0.3 is 0 Å². The number of amides is 1. The zero-order chi connectivity index (χ0) is 10.6. The fourth-order valence-corrected chi connectivity index (χ4v) is 1.28. The molecule has 0 saturated heterocycles. The van der Waals surface area contributed by atoms with Gasteiger partial charge in [-0.1, -0.05) is 18.2 Å². The molecule has 3 nitrogen and oxygen atoms in total. The number of ether oxygens (including phenoxy) is 1. The Kier molecular flexibility index (Phi) is 3.95. The molecule has 1 amide bonds. The number of hydrogen-bond acceptors (Lipinski definition) is 2. The van der Waals surface area contributed by atoms with Crippen molar-refractivity contribution in [3.63, 3.8) is 0 Å². The molecule has 0 aliphatic rings. The Hall–Kier alpha value is -1.03. The summed E-state index contributed by atoms with van der Waals surface area (Å²) in [7, 11) is 3.35. The van der Waals surface area contributed by atoms with E-state index in [1.54, 1.807) is 19.1 Å². The molecular weight excluding hydrogens is 246 g/mol. The molecule has 76 valence electrons. The third-order valence-electron chi connectivity index (χ3n) is 1.90. The molecule has 0 fully saturated rings. The maximum Gasteiger partial charge on any atom is 0.289 e. The first-order valence-corrected chi connectivity index (χ1v) is 4.97. The van der Waals surface area contributed by atoms with Crippen LogP contribution in [-0.2, 0) is 6.54 Å². The van der Waals surface area contributed by atoms with Crippen molar-refractivity contribution >= 4 is 20.7 Å². The number of carbonyl (C=O) groups excluding carboxylic acids is 1. The van der Waals surface area contributed by atoms with Crippen LogP contribution in [-0.4, -0.2) is 23.9 Å². The van der Waals surface area contributed by atoms with Crippen molar-refractivity contribution in [2.75, 3.05) is 14.2 Å². The third kappa shape index (κ3) is 2.73. The van der Waals surface area contributed by atoms with Gasteiger partial charge in [0.05, 0.1) is 7.11 Å². The number of rotatable bonds is 3. The molecule has 0 saturated carbocycles. The van der Waals surface area contributed by atoms with E-state index in [-0.39, 0.29) is 4.82 Å². The lowest BCUT2D eigenvalue weighted by Crippen LogP contribution is -2.19. The molecule has 1 aromatic rings. The van der Waals surface area contributed by atoms with E-state index >= 15 is 0 Å². The summed E-state index contributed by atoms with van der Waals surface area (Å²) in [6.07, 6.45) is 0. The van der Waals surface area contributed by atoms with Gasteiger partial charge in [-0.3, -0.25) is 4.79 Å². The number of methoxy groups -OCH3 is 1. The van der Waals surface area contributed by atoms with Crippen LogP contribution in [0.1, 0.15) is 5.56 Å². The fraction of sp³-hybridized carbons (Fsp3) is 0.300. The van der Waals surface area contributed by atoms with Crippen LogP contribution in [0, 0.1) is 0 Å². The highest BCUT2D eigenvalue weighted by Gasteiger charge is 2.08. The van der Waals surface area contributed by atoms with E-state index in [0.29, 0.717) is 6.54 Å². The number of nitrogens with zero attached hydrogens (tertiary/aromatic N) is 1. The molecule has 1 rings (SSSR count). The monoisotopic (exact) mass is 257 g/mol. The summed E-state index contributed by atoms with van der Waals surface area (Å²) in [5.41, 5.74) is 0.991. The van der Waals surface area contributed by atoms with Gasteiger partial charge in [0.25, 0.3) is 4.82 Å². The lowest BCUT2D eigenvalue weighted by atomic mass is 10.2. The predicted octanol–water partition coefficient (Wildman–Crippen LogP) is 2.64. The number of halogens is 1. The molecule has 0 atom stereocenters. The largest absolute Gasteiger partial charge is 0.496 e. The zero-order valence-corrected chi connectivity index (χ0v) is 9.74. The number of carbonyl (C=O) groups is 1. The number of hydrogen-bond donors (Lipinski definition) is 0. The second-order valence-corrected chi connectivity index (χ2v) is 3.60. The first kappa shape index (κ1) is 11.0. The Morgan fingerprint density at radius 2 is 2.14 bits per heavy atom. The summed E-state index contributed by atoms with van der Waals surface area (Å²) >= 11 is 2.89. The Bertz CT molecular complexity index is 328. The molecule has 0 radical (unpaired) electrons. The minimum atomic E-state index is -0.136. The summed E-state index contributed by atoms with van der Waals surface area (Å²) in [6, 6.07) is 7.63. The van der Waals surface area contributed by atoms with Gasteiger partial charge in [0.1, 0.15) is 5.75 Å². The molecule has 0 spiro atoms. The van der Waals surface area contributed by atoms with E-state index in [1.165, 1.54) is 0 Å². The molecule has 0 heterocycles. The Morgan fingerprint density at radius 1 is 1.50 bits per heavy atom. The highest BCUT2D eigenvalue weighted by molar-refractivity contribution is 9.18. The first-order valence-electron chi connectivity index (χ1n) is 4.17. The van der Waals surface area contributed by atoms with Gasteiger partial charge in [0.2, 0.25) is 0 Å². The van der Waals surface area contributed by atoms with Crippen LogP contribution < -0.4 is 4.74 Å². The second kappa shape index (κ2) is 5.00. The van der Waals surface area contributed by atoms with Crippen LogP contribution in [0.4, 0.5) is 4.79 Å². The molecule has 0 unspecified atom stereocenters. The maximum atomic E-state index is 10.9. The molecule has 0 bridgehead atoms. The molecule has 4 heteroatoms. The third-order valence-corrected chi connectivity index (χ3v) is 2.51. The van der Waals surface area contributed by atoms with Gasteiger partial charge < -0.3 is 9.64 Å². The standard InChI is InChI=1S/C10H12BrNO2/c1-12(10(11)13)7-8-5-3-4-6-9(8)14-2/h3-6H,7H2,1-2H3. The second-order valence-electron chi connectivity index (χ2n) is 2.92. The number of benzene rings is 1. The van der Waals surface area contributed by atoms with Crippen molar-refractivity contribution in [1.82, 2.24) is 4.90 Å². The first-order chi connectivity index (χ1) is 6.65. The van der Waals surface area contributed by atoms with E-state index in [9.17, 15) is 4.79 Å². The molecule has 0 aliphatic carbocycles. The minimum Gasteiger partial charge on any atom is -0.496 e. The van der Waals surface area contributed by atoms with Crippen molar-refractivity contribution in [2.24, 2.45) is 0 Å². The van der Waals surface area contributed by atoms with Crippen molar-refractivity contribution in [1.29, 1.82) is 0 Å². The summed E-state index contributed by atoms with van der Waals surface area (Å²) in [4.78, 5) is 12.4. The van der Waals surface area contributed by atoms with Gasteiger partial charge in [0, 0.05) is 35.1 Å². The van der Waals surface area contributed by atoms with Crippen molar-refractivity contribution in [3.8, 4) is 5.75 Å². The van der Waals surface area contributed by atoms with Crippen LogP contribution in [0.5, 0.6) is 5.75 Å². The van der Waals surface area contributed by atoms with Crippen molar-refractivity contribution < 1.29 is 9.53 Å². The predicted molar refractivity (Wildman–Crippen MR) is 58.8 cm³/mol. The SMILES string of the molecule is COc1ccccc1CN(C)C(=O)Br. The van der Waals surface area contributed by atoms with Crippen LogP contribution in [0.25, 0.3) is 0 Å². The van der Waals surface area contributed by atoms with E-state index in [1.807, 2.05) is 24.3 Å². The Morgan fingerprint density at radius 3 is 2.71 bits per heavy atom. The lowest BCUT2D eigenvalue weighted by Gasteiger charge is -2.15. The van der Waals surface area contributed by atoms with Gasteiger partial charge in [-0.2, -0.15) is 0 Å². The molecule has 1 aromatic carbocycles. The molecular formula is C10H12BrNO2. The Labute approximate surface area is 91.8 Å². The minimum absolute atomic E-state index is 0.136. The molecule has 0 aromatic heterocycles. The highest BCUT2D eigenvalue weighted by Crippen LogP contribution is 2.19. The van der Waals surface area contributed by atoms with E-state index in [0.717, 1.165) is 11.3 Å². The maximum absolute atomic E-state index is 10.9. The quantitative estimate of drug-likeness (QED) is 0.616. The van der Waals surface area contributed by atoms with Crippen LogP contribution >= 0.6 is 15.9 Å². The van der Waals surface area contributed by atoms with Gasteiger partial charge in [-0.05, 0) is 6.07 Å². The zero-order valence-electron chi connectivity index (χ0n) is 8.16. The molecule has 14 heavy (non-hydrogen) atoms. The fourth-order valence-electron chi connectivity index (χ4n) is 1.15. The Balaban J connectivity index is 2.80. The highest BCUT2D eigenvalue weighted by atomic mass is 79.9. The van der Waals surface area contributed by atoms with Gasteiger partial charge in [0.15, 0.2) is 0 Å². The van der Waals surface area contributed by atoms with Crippen molar-refractivity contribution in [3.05, 3.63) is 29.8 Å². The lowest BCUT2D eigenvalue weighted by molar-refractivity contribution is 0.232. The van der Waals surface area contributed by atoms with Crippen LogP contribution in [0.15, 0.2) is 24.3 Å². The summed E-state index contributed by atoms with van der Waals surface area (Å²) < 4.78 is 5.17. The summed E-state index contributed by atoms with van der Waals surface area (Å²) in [6.45, 7) is 0.536. The van der Waals surface area contributed by atoms with Gasteiger partial charge in [-0.15, -0.1) is 0 Å².